The Morgan fingerprint density at radius 2 is 2.07 bits per heavy atom. The molecule has 1 atom stereocenters. The molecular formula is C18H13F2N5O2. The van der Waals surface area contributed by atoms with Crippen molar-refractivity contribution in [1.29, 1.82) is 0 Å². The normalized spacial score (nSPS) is 12.3. The van der Waals surface area contributed by atoms with Crippen molar-refractivity contribution in [1.82, 2.24) is 25.1 Å². The number of aromatic nitrogens is 5. The van der Waals surface area contributed by atoms with Crippen LogP contribution in [0.2, 0.25) is 0 Å². The van der Waals surface area contributed by atoms with Crippen LogP contribution in [0.5, 0.6) is 5.75 Å². The molecule has 9 heteroatoms. The van der Waals surface area contributed by atoms with Crippen molar-refractivity contribution in [3.63, 3.8) is 0 Å². The summed E-state index contributed by atoms with van der Waals surface area (Å²) in [4.78, 5) is 12.2. The van der Waals surface area contributed by atoms with Crippen LogP contribution in [0, 0.1) is 5.82 Å². The van der Waals surface area contributed by atoms with E-state index in [1.54, 1.807) is 18.3 Å². The third kappa shape index (κ3) is 3.43. The molecule has 1 aromatic carbocycles. The van der Waals surface area contributed by atoms with E-state index < -0.39 is 12.0 Å². The average Bonchev–Trinajstić information content (AvgIpc) is 3.17. The first-order valence-electron chi connectivity index (χ1n) is 8.05. The number of hydrogen-bond donors (Lipinski definition) is 0. The van der Waals surface area contributed by atoms with E-state index in [1.165, 1.54) is 25.5 Å². The molecule has 0 N–H and O–H groups in total. The number of nitrogens with zero attached hydrogens (tertiary/aromatic N) is 5. The summed E-state index contributed by atoms with van der Waals surface area (Å²) in [6.45, 7) is 1.19. The second-order valence-corrected chi connectivity index (χ2v) is 5.71. The second-order valence-electron chi connectivity index (χ2n) is 5.71. The number of ether oxygens (including phenoxy) is 1. The summed E-state index contributed by atoms with van der Waals surface area (Å²) in [6.07, 6.45) is 3.04. The monoisotopic (exact) mass is 369 g/mol. The Bertz CT molecular complexity index is 1090. The molecule has 7 nitrogen and oxygen atoms in total. The minimum absolute atomic E-state index is 0.000398. The van der Waals surface area contributed by atoms with Gasteiger partial charge in [0.05, 0.1) is 16.5 Å². The van der Waals surface area contributed by atoms with Crippen LogP contribution in [0.4, 0.5) is 8.78 Å². The van der Waals surface area contributed by atoms with Crippen LogP contribution in [0.1, 0.15) is 24.7 Å². The van der Waals surface area contributed by atoms with E-state index in [9.17, 15) is 8.78 Å². The highest BCUT2D eigenvalue weighted by Gasteiger charge is 2.16. The number of pyridine rings is 1. The predicted octanol–water partition coefficient (Wildman–Crippen LogP) is 3.82. The molecular weight excluding hydrogens is 356 g/mol. The molecule has 0 radical (unpaired) electrons. The van der Waals surface area contributed by atoms with Gasteiger partial charge in [0, 0.05) is 12.4 Å². The molecule has 0 saturated carbocycles. The zero-order valence-electron chi connectivity index (χ0n) is 14.1. The molecule has 0 fully saturated rings. The molecule has 136 valence electrons. The fourth-order valence-electron chi connectivity index (χ4n) is 2.45. The van der Waals surface area contributed by atoms with Crippen molar-refractivity contribution in [2.24, 2.45) is 0 Å². The average molecular weight is 369 g/mol. The first-order valence-corrected chi connectivity index (χ1v) is 8.05. The summed E-state index contributed by atoms with van der Waals surface area (Å²) < 4.78 is 38.4. The summed E-state index contributed by atoms with van der Waals surface area (Å²) in [6, 6.07) is 6.55. The van der Waals surface area contributed by atoms with Gasteiger partial charge in [-0.1, -0.05) is 6.07 Å². The van der Waals surface area contributed by atoms with Crippen LogP contribution in [0.15, 0.2) is 47.4 Å². The molecule has 0 bridgehead atoms. The van der Waals surface area contributed by atoms with Crippen LogP contribution in [-0.4, -0.2) is 25.1 Å². The Hall–Kier alpha value is -3.49. The maximum absolute atomic E-state index is 14.4. The third-order valence-electron chi connectivity index (χ3n) is 3.82. The van der Waals surface area contributed by atoms with E-state index in [0.717, 1.165) is 10.9 Å². The molecule has 1 unspecified atom stereocenters. The predicted molar refractivity (Wildman–Crippen MR) is 90.9 cm³/mol. The van der Waals surface area contributed by atoms with Crippen LogP contribution in [0.3, 0.4) is 0 Å². The van der Waals surface area contributed by atoms with Gasteiger partial charge in [-0.15, -0.1) is 10.2 Å². The Morgan fingerprint density at radius 1 is 1.19 bits per heavy atom. The lowest BCUT2D eigenvalue weighted by molar-refractivity contribution is 0.297. The molecule has 0 saturated heterocycles. The molecule has 3 aromatic heterocycles. The van der Waals surface area contributed by atoms with Crippen molar-refractivity contribution in [3.8, 4) is 17.2 Å². The number of alkyl halides is 1. The second kappa shape index (κ2) is 7.02. The van der Waals surface area contributed by atoms with E-state index in [4.69, 9.17) is 9.15 Å². The largest absolute Gasteiger partial charge is 0.486 e. The molecule has 0 aliphatic heterocycles. The molecule has 0 spiro atoms. The number of hydrogen-bond acceptors (Lipinski definition) is 7. The number of halogens is 2. The maximum atomic E-state index is 14.4. The number of benzene rings is 1. The standard InChI is InChI=1S/C18H13F2N5O2/c1-10(19)17-24-25-18(27-17)11-5-13(20)15(22-6-11)8-26-16-4-2-3-14-12(16)7-21-9-23-14/h2-7,9-10H,8H2,1H3. The van der Waals surface area contributed by atoms with Crippen LogP contribution in [-0.2, 0) is 6.61 Å². The Labute approximate surface area is 152 Å². The first kappa shape index (κ1) is 17.0. The van der Waals surface area contributed by atoms with Gasteiger partial charge in [0.25, 0.3) is 5.89 Å². The van der Waals surface area contributed by atoms with E-state index in [-0.39, 0.29) is 29.6 Å². The quantitative estimate of drug-likeness (QED) is 0.528. The SMILES string of the molecule is CC(F)c1nnc(-c2cnc(COc3cccc4ncncc34)c(F)c2)o1. The minimum Gasteiger partial charge on any atom is -0.486 e. The zero-order valence-corrected chi connectivity index (χ0v) is 14.1. The molecule has 4 aromatic rings. The van der Waals surface area contributed by atoms with Crippen molar-refractivity contribution in [3.05, 3.63) is 60.4 Å². The smallest absolute Gasteiger partial charge is 0.250 e. The van der Waals surface area contributed by atoms with Gasteiger partial charge in [-0.2, -0.15) is 0 Å². The number of fused-ring (bicyclic) bond motifs is 1. The van der Waals surface area contributed by atoms with Gasteiger partial charge in [0.15, 0.2) is 6.17 Å². The zero-order chi connectivity index (χ0) is 18.8. The lowest BCUT2D eigenvalue weighted by Crippen LogP contribution is -2.02. The lowest BCUT2D eigenvalue weighted by atomic mass is 10.2. The summed E-state index contributed by atoms with van der Waals surface area (Å²) in [5.41, 5.74) is 1.08. The van der Waals surface area contributed by atoms with Gasteiger partial charge in [-0.25, -0.2) is 18.7 Å². The number of rotatable bonds is 5. The van der Waals surface area contributed by atoms with Gasteiger partial charge < -0.3 is 9.15 Å². The summed E-state index contributed by atoms with van der Waals surface area (Å²) in [7, 11) is 0. The van der Waals surface area contributed by atoms with Crippen LogP contribution < -0.4 is 4.74 Å². The molecule has 0 amide bonds. The Balaban J connectivity index is 1.54. The minimum atomic E-state index is -1.40. The highest BCUT2D eigenvalue weighted by Crippen LogP contribution is 2.25. The third-order valence-corrected chi connectivity index (χ3v) is 3.82. The van der Waals surface area contributed by atoms with Gasteiger partial charge in [0.1, 0.15) is 30.2 Å². The Kier molecular flexibility index (Phi) is 4.41. The fourth-order valence-corrected chi connectivity index (χ4v) is 2.45. The highest BCUT2D eigenvalue weighted by molar-refractivity contribution is 5.83. The molecule has 27 heavy (non-hydrogen) atoms. The van der Waals surface area contributed by atoms with Crippen molar-refractivity contribution >= 4 is 10.9 Å². The summed E-state index contributed by atoms with van der Waals surface area (Å²) >= 11 is 0. The highest BCUT2D eigenvalue weighted by atomic mass is 19.1. The lowest BCUT2D eigenvalue weighted by Gasteiger charge is -2.09. The molecule has 0 aliphatic carbocycles. The molecule has 4 rings (SSSR count). The van der Waals surface area contributed by atoms with Crippen molar-refractivity contribution < 1.29 is 17.9 Å². The van der Waals surface area contributed by atoms with Gasteiger partial charge in [-0.05, 0) is 25.1 Å². The summed E-state index contributed by atoms with van der Waals surface area (Å²) in [5.74, 6) is -0.246. The van der Waals surface area contributed by atoms with Crippen LogP contribution >= 0.6 is 0 Å². The molecule has 0 aliphatic rings. The topological polar surface area (TPSA) is 86.8 Å². The van der Waals surface area contributed by atoms with Gasteiger partial charge in [0.2, 0.25) is 5.89 Å². The van der Waals surface area contributed by atoms with E-state index >= 15 is 0 Å². The first-order chi connectivity index (χ1) is 13.1. The van der Waals surface area contributed by atoms with Gasteiger partial charge in [-0.3, -0.25) is 4.98 Å². The Morgan fingerprint density at radius 3 is 2.85 bits per heavy atom. The van der Waals surface area contributed by atoms with Gasteiger partial charge >= 0.3 is 0 Å². The maximum Gasteiger partial charge on any atom is 0.250 e. The van der Waals surface area contributed by atoms with Crippen molar-refractivity contribution in [2.45, 2.75) is 19.7 Å². The van der Waals surface area contributed by atoms with Crippen LogP contribution in [0.25, 0.3) is 22.4 Å². The van der Waals surface area contributed by atoms with E-state index in [1.807, 2.05) is 6.07 Å². The van der Waals surface area contributed by atoms with Crippen molar-refractivity contribution in [2.75, 3.05) is 0 Å². The molecule has 3 heterocycles. The fraction of sp³-hybridized carbons (Fsp3) is 0.167. The van der Waals surface area contributed by atoms with E-state index in [0.29, 0.717) is 5.75 Å². The van der Waals surface area contributed by atoms with E-state index in [2.05, 4.69) is 25.1 Å². The summed E-state index contributed by atoms with van der Waals surface area (Å²) in [5, 5.41) is 7.99.